The van der Waals surface area contributed by atoms with E-state index in [-0.39, 0.29) is 11.5 Å². The van der Waals surface area contributed by atoms with Gasteiger partial charge in [-0.2, -0.15) is 0 Å². The van der Waals surface area contributed by atoms with Gasteiger partial charge in [0.25, 0.3) is 5.56 Å². The van der Waals surface area contributed by atoms with E-state index in [0.717, 1.165) is 21.5 Å². The highest BCUT2D eigenvalue weighted by Gasteiger charge is 2.22. The summed E-state index contributed by atoms with van der Waals surface area (Å²) in [7, 11) is 1.80. The SMILES string of the molecule is Cc1c(NC(=O)C(C)Sc2cccc3cccnc23)c(=O)n(-c2ccccc2)n1C. The van der Waals surface area contributed by atoms with Crippen molar-refractivity contribution < 1.29 is 4.79 Å². The first-order valence-electron chi connectivity index (χ1n) is 9.62. The van der Waals surface area contributed by atoms with Crippen molar-refractivity contribution in [3.8, 4) is 5.69 Å². The maximum Gasteiger partial charge on any atom is 0.295 e. The van der Waals surface area contributed by atoms with E-state index in [1.54, 1.807) is 22.6 Å². The molecule has 152 valence electrons. The van der Waals surface area contributed by atoms with E-state index < -0.39 is 5.25 Å². The lowest BCUT2D eigenvalue weighted by Crippen LogP contribution is -2.27. The minimum Gasteiger partial charge on any atom is -0.319 e. The monoisotopic (exact) mass is 418 g/mol. The lowest BCUT2D eigenvalue weighted by atomic mass is 10.2. The molecule has 0 fully saturated rings. The molecule has 0 radical (unpaired) electrons. The summed E-state index contributed by atoms with van der Waals surface area (Å²) in [5.74, 6) is -0.223. The van der Waals surface area contributed by atoms with Gasteiger partial charge in [-0.3, -0.25) is 19.3 Å². The molecular weight excluding hydrogens is 396 g/mol. The van der Waals surface area contributed by atoms with Crippen molar-refractivity contribution in [2.24, 2.45) is 7.05 Å². The Morgan fingerprint density at radius 2 is 1.80 bits per heavy atom. The number of benzene rings is 2. The molecule has 2 heterocycles. The number of rotatable bonds is 5. The standard InChI is InChI=1S/C23H22N4O2S/c1-15-20(23(29)27(26(15)3)18-11-5-4-6-12-18)25-22(28)16(2)30-19-13-7-9-17-10-8-14-24-21(17)19/h4-14,16H,1-3H3,(H,25,28). The lowest BCUT2D eigenvalue weighted by Gasteiger charge is -2.12. The lowest BCUT2D eigenvalue weighted by molar-refractivity contribution is -0.115. The van der Waals surface area contributed by atoms with Gasteiger partial charge >= 0.3 is 0 Å². The second-order valence-electron chi connectivity index (χ2n) is 7.02. The van der Waals surface area contributed by atoms with Gasteiger partial charge in [0, 0.05) is 23.5 Å². The number of fused-ring (bicyclic) bond motifs is 1. The molecule has 1 N–H and O–H groups in total. The number of hydrogen-bond acceptors (Lipinski definition) is 4. The van der Waals surface area contributed by atoms with E-state index in [1.165, 1.54) is 11.8 Å². The summed E-state index contributed by atoms with van der Waals surface area (Å²) < 4.78 is 3.30. The Kier molecular flexibility index (Phi) is 5.46. The summed E-state index contributed by atoms with van der Waals surface area (Å²) in [4.78, 5) is 31.3. The Balaban J connectivity index is 1.59. The van der Waals surface area contributed by atoms with Crippen LogP contribution in [0, 0.1) is 6.92 Å². The van der Waals surface area contributed by atoms with E-state index in [4.69, 9.17) is 0 Å². The van der Waals surface area contributed by atoms with Crippen LogP contribution in [0.4, 0.5) is 5.69 Å². The number of anilines is 1. The van der Waals surface area contributed by atoms with Crippen LogP contribution in [0.25, 0.3) is 16.6 Å². The van der Waals surface area contributed by atoms with Gasteiger partial charge in [-0.15, -0.1) is 11.8 Å². The summed E-state index contributed by atoms with van der Waals surface area (Å²) >= 11 is 1.43. The Hall–Kier alpha value is -3.32. The molecule has 2 aromatic heterocycles. The highest BCUT2D eigenvalue weighted by Crippen LogP contribution is 2.30. The van der Waals surface area contributed by atoms with Crippen LogP contribution in [0.2, 0.25) is 0 Å². The number of carbonyl (C=O) groups is 1. The van der Waals surface area contributed by atoms with Gasteiger partial charge in [0.05, 0.1) is 22.1 Å². The molecule has 7 heteroatoms. The molecule has 0 spiro atoms. The zero-order valence-corrected chi connectivity index (χ0v) is 17.8. The first kappa shape index (κ1) is 20.0. The Morgan fingerprint density at radius 1 is 1.07 bits per heavy atom. The van der Waals surface area contributed by atoms with E-state index in [2.05, 4.69) is 10.3 Å². The Bertz CT molecular complexity index is 1270. The largest absolute Gasteiger partial charge is 0.319 e. The van der Waals surface area contributed by atoms with Gasteiger partial charge in [-0.25, -0.2) is 4.68 Å². The molecule has 0 saturated carbocycles. The minimum atomic E-state index is -0.401. The van der Waals surface area contributed by atoms with Crippen molar-refractivity contribution in [2.45, 2.75) is 24.0 Å². The third kappa shape index (κ3) is 3.64. The van der Waals surface area contributed by atoms with Crippen molar-refractivity contribution in [3.63, 3.8) is 0 Å². The van der Waals surface area contributed by atoms with Crippen LogP contribution in [-0.2, 0) is 11.8 Å². The maximum atomic E-state index is 13.0. The van der Waals surface area contributed by atoms with Crippen LogP contribution in [0.3, 0.4) is 0 Å². The van der Waals surface area contributed by atoms with Crippen LogP contribution < -0.4 is 10.9 Å². The number of nitrogens with one attached hydrogen (secondary N) is 1. The van der Waals surface area contributed by atoms with E-state index in [1.807, 2.05) is 74.5 Å². The molecule has 0 aliphatic rings. The van der Waals surface area contributed by atoms with Crippen molar-refractivity contribution in [2.75, 3.05) is 5.32 Å². The minimum absolute atomic E-state index is 0.223. The molecule has 1 unspecified atom stereocenters. The molecule has 1 amide bonds. The van der Waals surface area contributed by atoms with E-state index in [0.29, 0.717) is 11.4 Å². The molecule has 6 nitrogen and oxygen atoms in total. The molecule has 0 aliphatic carbocycles. The fourth-order valence-electron chi connectivity index (χ4n) is 3.35. The average Bonchev–Trinajstić information content (AvgIpc) is 2.97. The number of carbonyl (C=O) groups excluding carboxylic acids is 1. The number of hydrogen-bond donors (Lipinski definition) is 1. The van der Waals surface area contributed by atoms with Crippen molar-refractivity contribution in [3.05, 3.63) is 82.9 Å². The quantitative estimate of drug-likeness (QED) is 0.494. The molecule has 0 bridgehead atoms. The van der Waals surface area contributed by atoms with E-state index in [9.17, 15) is 9.59 Å². The number of pyridine rings is 1. The van der Waals surface area contributed by atoms with Crippen molar-refractivity contribution in [1.29, 1.82) is 0 Å². The zero-order valence-electron chi connectivity index (χ0n) is 17.0. The topological polar surface area (TPSA) is 68.9 Å². The number of nitrogens with zero attached hydrogens (tertiary/aromatic N) is 3. The molecule has 4 aromatic rings. The number of para-hydroxylation sites is 2. The maximum absolute atomic E-state index is 13.0. The first-order chi connectivity index (χ1) is 14.5. The third-order valence-corrected chi connectivity index (χ3v) is 6.22. The van der Waals surface area contributed by atoms with Gasteiger partial charge in [0.1, 0.15) is 5.69 Å². The smallest absolute Gasteiger partial charge is 0.295 e. The predicted octanol–water partition coefficient (Wildman–Crippen LogP) is 4.15. The van der Waals surface area contributed by atoms with Gasteiger partial charge in [0.15, 0.2) is 0 Å². The van der Waals surface area contributed by atoms with Gasteiger partial charge in [-0.1, -0.05) is 36.4 Å². The molecule has 1 atom stereocenters. The van der Waals surface area contributed by atoms with Crippen molar-refractivity contribution in [1.82, 2.24) is 14.3 Å². The fraction of sp³-hybridized carbons (Fsp3) is 0.174. The summed E-state index contributed by atoms with van der Waals surface area (Å²) in [6.45, 7) is 3.65. The molecule has 30 heavy (non-hydrogen) atoms. The highest BCUT2D eigenvalue weighted by atomic mass is 32.2. The number of thioether (sulfide) groups is 1. The van der Waals surface area contributed by atoms with Crippen LogP contribution >= 0.6 is 11.8 Å². The summed E-state index contributed by atoms with van der Waals surface area (Å²) in [6, 6.07) is 19.2. The second kappa shape index (κ2) is 8.20. The van der Waals surface area contributed by atoms with Gasteiger partial charge < -0.3 is 5.32 Å². The summed E-state index contributed by atoms with van der Waals surface area (Å²) in [6.07, 6.45) is 1.75. The molecule has 0 aliphatic heterocycles. The molecular formula is C23H22N4O2S. The second-order valence-corrected chi connectivity index (χ2v) is 8.40. The molecule has 2 aromatic carbocycles. The van der Waals surface area contributed by atoms with Crippen LogP contribution in [0.15, 0.2) is 76.6 Å². The van der Waals surface area contributed by atoms with Crippen LogP contribution in [0.1, 0.15) is 12.6 Å². The van der Waals surface area contributed by atoms with Crippen LogP contribution in [-0.4, -0.2) is 25.5 Å². The third-order valence-electron chi connectivity index (χ3n) is 5.07. The predicted molar refractivity (Wildman–Crippen MR) is 121 cm³/mol. The zero-order chi connectivity index (χ0) is 21.3. The van der Waals surface area contributed by atoms with E-state index >= 15 is 0 Å². The Labute approximate surface area is 178 Å². The average molecular weight is 419 g/mol. The van der Waals surface area contributed by atoms with Crippen LogP contribution in [0.5, 0.6) is 0 Å². The number of amides is 1. The van der Waals surface area contributed by atoms with Gasteiger partial charge in [-0.05, 0) is 38.1 Å². The molecule has 0 saturated heterocycles. The summed E-state index contributed by atoms with van der Waals surface area (Å²) in [5, 5.41) is 3.47. The first-order valence-corrected chi connectivity index (χ1v) is 10.5. The fourth-order valence-corrected chi connectivity index (χ4v) is 4.34. The van der Waals surface area contributed by atoms with Gasteiger partial charge in [0.2, 0.25) is 5.91 Å². The normalized spacial score (nSPS) is 12.1. The summed E-state index contributed by atoms with van der Waals surface area (Å²) in [5.41, 5.74) is 2.36. The molecule has 4 rings (SSSR count). The highest BCUT2D eigenvalue weighted by molar-refractivity contribution is 8.00. The Morgan fingerprint density at radius 3 is 2.57 bits per heavy atom. The number of aromatic nitrogens is 3. The van der Waals surface area contributed by atoms with Crippen molar-refractivity contribution >= 4 is 34.3 Å².